The SMILES string of the molecule is CCCCN(C)C(=O)c1cccc(S(=O)(=O)N(CC)Cc2ccccc2)c1. The molecular weight excluding hydrogens is 360 g/mol. The van der Waals surface area contributed by atoms with Crippen molar-refractivity contribution in [2.24, 2.45) is 0 Å². The zero-order valence-corrected chi connectivity index (χ0v) is 17.1. The van der Waals surface area contributed by atoms with Gasteiger partial charge in [-0.1, -0.05) is 56.7 Å². The van der Waals surface area contributed by atoms with Gasteiger partial charge in [0.05, 0.1) is 4.90 Å². The second-order valence-corrected chi connectivity index (χ2v) is 8.46. The molecule has 2 rings (SSSR count). The van der Waals surface area contributed by atoms with Crippen LogP contribution in [0.3, 0.4) is 0 Å². The Morgan fingerprint density at radius 3 is 2.33 bits per heavy atom. The minimum absolute atomic E-state index is 0.148. The molecule has 5 nitrogen and oxygen atoms in total. The lowest BCUT2D eigenvalue weighted by atomic mass is 10.2. The quantitative estimate of drug-likeness (QED) is 0.657. The summed E-state index contributed by atoms with van der Waals surface area (Å²) >= 11 is 0. The fourth-order valence-corrected chi connectivity index (χ4v) is 4.29. The van der Waals surface area contributed by atoms with Crippen LogP contribution in [0.5, 0.6) is 0 Å². The minimum atomic E-state index is -3.69. The number of amides is 1. The largest absolute Gasteiger partial charge is 0.342 e. The number of benzene rings is 2. The monoisotopic (exact) mass is 388 g/mol. The van der Waals surface area contributed by atoms with Crippen LogP contribution < -0.4 is 0 Å². The van der Waals surface area contributed by atoms with E-state index in [2.05, 4.69) is 6.92 Å². The molecule has 1 amide bonds. The van der Waals surface area contributed by atoms with Crippen LogP contribution in [-0.2, 0) is 16.6 Å². The zero-order chi connectivity index (χ0) is 19.9. The molecule has 0 radical (unpaired) electrons. The number of hydrogen-bond donors (Lipinski definition) is 0. The molecule has 146 valence electrons. The molecule has 0 aromatic heterocycles. The van der Waals surface area contributed by atoms with Gasteiger partial charge in [-0.15, -0.1) is 0 Å². The third-order valence-corrected chi connectivity index (χ3v) is 6.38. The second-order valence-electron chi connectivity index (χ2n) is 6.52. The molecule has 0 N–H and O–H groups in total. The Labute approximate surface area is 162 Å². The first kappa shape index (κ1) is 21.1. The van der Waals surface area contributed by atoms with Crippen LogP contribution in [0, 0.1) is 0 Å². The molecule has 0 aliphatic heterocycles. The van der Waals surface area contributed by atoms with Gasteiger partial charge >= 0.3 is 0 Å². The summed E-state index contributed by atoms with van der Waals surface area (Å²) in [6, 6.07) is 15.8. The summed E-state index contributed by atoms with van der Waals surface area (Å²) in [6.07, 6.45) is 1.91. The first-order chi connectivity index (χ1) is 12.9. The molecule has 0 unspecified atom stereocenters. The summed E-state index contributed by atoms with van der Waals surface area (Å²) in [5.74, 6) is -0.161. The maximum Gasteiger partial charge on any atom is 0.253 e. The fraction of sp³-hybridized carbons (Fsp3) is 0.381. The highest BCUT2D eigenvalue weighted by molar-refractivity contribution is 7.89. The third kappa shape index (κ3) is 5.40. The Bertz CT molecular complexity index is 851. The van der Waals surface area contributed by atoms with E-state index in [0.717, 1.165) is 18.4 Å². The summed E-state index contributed by atoms with van der Waals surface area (Å²) in [5, 5.41) is 0. The Morgan fingerprint density at radius 2 is 1.70 bits per heavy atom. The van der Waals surface area contributed by atoms with Gasteiger partial charge in [0.25, 0.3) is 5.91 Å². The van der Waals surface area contributed by atoms with E-state index in [1.165, 1.54) is 10.4 Å². The molecule has 0 aliphatic rings. The number of sulfonamides is 1. The van der Waals surface area contributed by atoms with Crippen molar-refractivity contribution < 1.29 is 13.2 Å². The first-order valence-electron chi connectivity index (χ1n) is 9.29. The van der Waals surface area contributed by atoms with E-state index in [9.17, 15) is 13.2 Å². The lowest BCUT2D eigenvalue weighted by Gasteiger charge is -2.21. The topological polar surface area (TPSA) is 57.7 Å². The van der Waals surface area contributed by atoms with Crippen LogP contribution in [0.2, 0.25) is 0 Å². The van der Waals surface area contributed by atoms with Crippen molar-refractivity contribution in [3.8, 4) is 0 Å². The maximum atomic E-state index is 13.1. The Kier molecular flexibility index (Phi) is 7.56. The van der Waals surface area contributed by atoms with E-state index in [1.54, 1.807) is 30.1 Å². The minimum Gasteiger partial charge on any atom is -0.342 e. The average molecular weight is 389 g/mol. The lowest BCUT2D eigenvalue weighted by Crippen LogP contribution is -2.31. The molecule has 27 heavy (non-hydrogen) atoms. The van der Waals surface area contributed by atoms with Gasteiger partial charge in [0, 0.05) is 32.2 Å². The summed E-state index contributed by atoms with van der Waals surface area (Å²) in [7, 11) is -1.94. The van der Waals surface area contributed by atoms with Gasteiger partial charge in [-0.25, -0.2) is 8.42 Å². The molecule has 0 saturated heterocycles. The van der Waals surface area contributed by atoms with Gasteiger partial charge in [0.15, 0.2) is 0 Å². The van der Waals surface area contributed by atoms with E-state index in [4.69, 9.17) is 0 Å². The van der Waals surface area contributed by atoms with Crippen LogP contribution in [0.4, 0.5) is 0 Å². The lowest BCUT2D eigenvalue weighted by molar-refractivity contribution is 0.0793. The van der Waals surface area contributed by atoms with Gasteiger partial charge in [-0.3, -0.25) is 4.79 Å². The predicted octanol–water partition coefficient (Wildman–Crippen LogP) is 3.77. The number of hydrogen-bond acceptors (Lipinski definition) is 3. The number of rotatable bonds is 9. The van der Waals surface area contributed by atoms with Crippen molar-refractivity contribution in [2.75, 3.05) is 20.1 Å². The standard InChI is InChI=1S/C21H28N2O3S/c1-4-6-15-22(3)21(24)19-13-10-14-20(16-19)27(25,26)23(5-2)17-18-11-8-7-9-12-18/h7-14,16H,4-6,15,17H2,1-3H3. The third-order valence-electron chi connectivity index (χ3n) is 4.47. The van der Waals surface area contributed by atoms with Crippen LogP contribution >= 0.6 is 0 Å². The van der Waals surface area contributed by atoms with Gasteiger partial charge in [-0.05, 0) is 30.2 Å². The Balaban J connectivity index is 2.26. The maximum absolute atomic E-state index is 13.1. The number of carbonyl (C=O) groups excluding carboxylic acids is 1. The van der Waals surface area contributed by atoms with E-state index in [-0.39, 0.29) is 10.8 Å². The van der Waals surface area contributed by atoms with E-state index >= 15 is 0 Å². The van der Waals surface area contributed by atoms with Gasteiger partial charge in [0.2, 0.25) is 10.0 Å². The second kappa shape index (κ2) is 9.67. The highest BCUT2D eigenvalue weighted by atomic mass is 32.2. The van der Waals surface area contributed by atoms with Crippen molar-refractivity contribution in [2.45, 2.75) is 38.1 Å². The normalized spacial score (nSPS) is 11.6. The van der Waals surface area contributed by atoms with E-state index < -0.39 is 10.0 Å². The summed E-state index contributed by atoms with van der Waals surface area (Å²) < 4.78 is 27.6. The highest BCUT2D eigenvalue weighted by Crippen LogP contribution is 2.20. The summed E-state index contributed by atoms with van der Waals surface area (Å²) in [4.78, 5) is 14.4. The molecule has 0 fully saturated rings. The van der Waals surface area contributed by atoms with Crippen molar-refractivity contribution in [3.05, 3.63) is 65.7 Å². The van der Waals surface area contributed by atoms with Crippen LogP contribution in [-0.4, -0.2) is 43.7 Å². The Hall–Kier alpha value is -2.18. The molecule has 0 bridgehead atoms. The first-order valence-corrected chi connectivity index (χ1v) is 10.7. The molecular formula is C21H28N2O3S. The van der Waals surface area contributed by atoms with Crippen molar-refractivity contribution in [1.29, 1.82) is 0 Å². The van der Waals surface area contributed by atoms with E-state index in [1.807, 2.05) is 37.3 Å². The molecule has 6 heteroatoms. The molecule has 0 aliphatic carbocycles. The molecule has 2 aromatic rings. The van der Waals surface area contributed by atoms with Gasteiger partial charge in [-0.2, -0.15) is 4.31 Å². The number of nitrogens with zero attached hydrogens (tertiary/aromatic N) is 2. The molecule has 0 saturated carbocycles. The molecule has 0 atom stereocenters. The summed E-state index contributed by atoms with van der Waals surface area (Å²) in [5.41, 5.74) is 1.32. The number of unbranched alkanes of at least 4 members (excludes halogenated alkanes) is 1. The van der Waals surface area contributed by atoms with Crippen LogP contribution in [0.1, 0.15) is 42.6 Å². The zero-order valence-electron chi connectivity index (χ0n) is 16.3. The van der Waals surface area contributed by atoms with Crippen molar-refractivity contribution in [3.63, 3.8) is 0 Å². The highest BCUT2D eigenvalue weighted by Gasteiger charge is 2.24. The van der Waals surface area contributed by atoms with Gasteiger partial charge < -0.3 is 4.90 Å². The van der Waals surface area contributed by atoms with Crippen LogP contribution in [0.25, 0.3) is 0 Å². The Morgan fingerprint density at radius 1 is 1.00 bits per heavy atom. The van der Waals surface area contributed by atoms with Crippen LogP contribution in [0.15, 0.2) is 59.5 Å². The molecule has 0 heterocycles. The smallest absolute Gasteiger partial charge is 0.253 e. The summed E-state index contributed by atoms with van der Waals surface area (Å²) in [6.45, 7) is 5.19. The van der Waals surface area contributed by atoms with E-state index in [0.29, 0.717) is 25.2 Å². The van der Waals surface area contributed by atoms with Crippen molar-refractivity contribution >= 4 is 15.9 Å². The van der Waals surface area contributed by atoms with Crippen molar-refractivity contribution in [1.82, 2.24) is 9.21 Å². The average Bonchev–Trinajstić information content (AvgIpc) is 2.70. The molecule has 2 aromatic carbocycles. The van der Waals surface area contributed by atoms with Gasteiger partial charge in [0.1, 0.15) is 0 Å². The predicted molar refractivity (Wildman–Crippen MR) is 108 cm³/mol. The molecule has 0 spiro atoms. The number of carbonyl (C=O) groups is 1. The fourth-order valence-electron chi connectivity index (χ4n) is 2.81.